The van der Waals surface area contributed by atoms with Gasteiger partial charge in [0.05, 0.1) is 37.5 Å². The zero-order valence-electron chi connectivity index (χ0n) is 12.6. The van der Waals surface area contributed by atoms with E-state index in [1.807, 2.05) is 30.3 Å². The number of hydrogen-bond donors (Lipinski definition) is 0. The van der Waals surface area contributed by atoms with Crippen molar-refractivity contribution in [3.05, 3.63) is 35.9 Å². The van der Waals surface area contributed by atoms with Crippen LogP contribution in [0.3, 0.4) is 0 Å². The van der Waals surface area contributed by atoms with Crippen molar-refractivity contribution in [1.82, 2.24) is 9.80 Å². The molecule has 2 aliphatic heterocycles. The van der Waals surface area contributed by atoms with Gasteiger partial charge in [0.25, 0.3) is 0 Å². The molecule has 1 aromatic carbocycles. The van der Waals surface area contributed by atoms with Crippen LogP contribution < -0.4 is 0 Å². The van der Waals surface area contributed by atoms with Crippen molar-refractivity contribution in [2.45, 2.75) is 24.2 Å². The van der Waals surface area contributed by atoms with Gasteiger partial charge in [0.1, 0.15) is 12.3 Å². The molecule has 3 aliphatic rings. The van der Waals surface area contributed by atoms with Gasteiger partial charge in [0.2, 0.25) is 11.8 Å². The predicted molar refractivity (Wildman–Crippen MR) is 79.2 cm³/mol. The van der Waals surface area contributed by atoms with Crippen LogP contribution in [0, 0.1) is 5.92 Å². The van der Waals surface area contributed by atoms with E-state index in [2.05, 4.69) is 0 Å². The number of carbonyl (C=O) groups excluding carboxylic acids is 2. The Morgan fingerprint density at radius 1 is 0.957 bits per heavy atom. The molecule has 3 fully saturated rings. The second-order valence-electron chi connectivity index (χ2n) is 6.74. The third-order valence-electron chi connectivity index (χ3n) is 5.20. The average molecular weight is 320 g/mol. The third kappa shape index (κ3) is 2.15. The van der Waals surface area contributed by atoms with Crippen molar-refractivity contribution in [1.29, 1.82) is 0 Å². The molecule has 2 saturated heterocycles. The molecule has 2 amide bonds. The Hall–Kier alpha value is -1.98. The van der Waals surface area contributed by atoms with Gasteiger partial charge in [-0.25, -0.2) is 8.78 Å². The number of rotatable bonds is 3. The summed E-state index contributed by atoms with van der Waals surface area (Å²) in [5.74, 6) is -0.787. The summed E-state index contributed by atoms with van der Waals surface area (Å²) in [5.41, 5.74) is -0.0946. The lowest BCUT2D eigenvalue weighted by Gasteiger charge is -2.38. The number of halogens is 2. The molecular weight excluding hydrogens is 302 g/mol. The molecule has 1 aliphatic carbocycles. The highest BCUT2D eigenvalue weighted by atomic mass is 19.1. The lowest BCUT2D eigenvalue weighted by molar-refractivity contribution is -0.146. The topological polar surface area (TPSA) is 40.6 Å². The lowest BCUT2D eigenvalue weighted by Crippen LogP contribution is -2.56. The Balaban J connectivity index is 1.59. The summed E-state index contributed by atoms with van der Waals surface area (Å²) in [6.45, 7) is 0.435. The fourth-order valence-electron chi connectivity index (χ4n) is 3.67. The van der Waals surface area contributed by atoms with Gasteiger partial charge >= 0.3 is 0 Å². The minimum Gasteiger partial charge on any atom is -0.336 e. The summed E-state index contributed by atoms with van der Waals surface area (Å²) in [6, 6.07) is 9.20. The molecular formula is C17H18F2N2O2. The second kappa shape index (κ2) is 5.01. The molecule has 122 valence electrons. The minimum atomic E-state index is -0.970. The molecule has 6 heteroatoms. The number of likely N-dealkylation sites (tertiary alicyclic amines) is 2. The Labute approximate surface area is 133 Å². The highest BCUT2D eigenvalue weighted by molar-refractivity contribution is 6.01. The van der Waals surface area contributed by atoms with E-state index < -0.39 is 23.7 Å². The van der Waals surface area contributed by atoms with Crippen LogP contribution >= 0.6 is 0 Å². The van der Waals surface area contributed by atoms with Crippen LogP contribution in [-0.4, -0.2) is 60.1 Å². The first-order chi connectivity index (χ1) is 11.0. The number of hydrogen-bond acceptors (Lipinski definition) is 2. The quantitative estimate of drug-likeness (QED) is 0.842. The zero-order valence-corrected chi connectivity index (χ0v) is 12.6. The number of alkyl halides is 2. The first-order valence-electron chi connectivity index (χ1n) is 7.94. The number of carbonyl (C=O) groups is 2. The van der Waals surface area contributed by atoms with Crippen LogP contribution in [0.1, 0.15) is 12.0 Å². The summed E-state index contributed by atoms with van der Waals surface area (Å²) < 4.78 is 26.1. The molecule has 2 atom stereocenters. The molecule has 2 heterocycles. The highest BCUT2D eigenvalue weighted by Gasteiger charge is 2.67. The molecule has 1 saturated carbocycles. The Kier molecular flexibility index (Phi) is 3.18. The number of nitrogens with zero attached hydrogens (tertiary/aromatic N) is 2. The summed E-state index contributed by atoms with van der Waals surface area (Å²) in [5, 5.41) is 0. The zero-order chi connectivity index (χ0) is 16.2. The molecule has 0 bridgehead atoms. The Morgan fingerprint density at radius 3 is 2.09 bits per heavy atom. The van der Waals surface area contributed by atoms with Crippen LogP contribution in [0.25, 0.3) is 0 Å². The molecule has 4 rings (SSSR count). The lowest BCUT2D eigenvalue weighted by atomic mass is 9.89. The number of benzene rings is 1. The summed E-state index contributed by atoms with van der Waals surface area (Å²) in [4.78, 5) is 28.4. The smallest absolute Gasteiger partial charge is 0.234 e. The van der Waals surface area contributed by atoms with E-state index in [0.29, 0.717) is 6.42 Å². The van der Waals surface area contributed by atoms with Crippen molar-refractivity contribution in [3.63, 3.8) is 0 Å². The fraction of sp³-hybridized carbons (Fsp3) is 0.529. The van der Waals surface area contributed by atoms with Crippen LogP contribution in [0.2, 0.25) is 0 Å². The van der Waals surface area contributed by atoms with E-state index in [1.165, 1.54) is 9.80 Å². The first-order valence-corrected chi connectivity index (χ1v) is 7.94. The van der Waals surface area contributed by atoms with Crippen molar-refractivity contribution in [2.24, 2.45) is 5.92 Å². The monoisotopic (exact) mass is 320 g/mol. The Bertz CT molecular complexity index is 641. The maximum absolute atomic E-state index is 13.1. The molecule has 0 radical (unpaired) electrons. The predicted octanol–water partition coefficient (Wildman–Crippen LogP) is 1.30. The summed E-state index contributed by atoms with van der Waals surface area (Å²) in [7, 11) is 0. The molecule has 4 nitrogen and oxygen atoms in total. The number of amides is 2. The van der Waals surface area contributed by atoms with E-state index >= 15 is 0 Å². The maximum atomic E-state index is 13.1. The van der Waals surface area contributed by atoms with Gasteiger partial charge in [-0.1, -0.05) is 30.3 Å². The van der Waals surface area contributed by atoms with Crippen molar-refractivity contribution in [2.75, 3.05) is 26.2 Å². The van der Waals surface area contributed by atoms with Gasteiger partial charge in [-0.05, 0) is 12.0 Å². The molecule has 0 spiro atoms. The molecule has 23 heavy (non-hydrogen) atoms. The van der Waals surface area contributed by atoms with Crippen molar-refractivity contribution >= 4 is 11.8 Å². The van der Waals surface area contributed by atoms with E-state index in [-0.39, 0.29) is 38.0 Å². The minimum absolute atomic E-state index is 0.102. The van der Waals surface area contributed by atoms with Crippen LogP contribution in [0.15, 0.2) is 30.3 Å². The van der Waals surface area contributed by atoms with E-state index in [0.717, 1.165) is 5.56 Å². The molecule has 0 unspecified atom stereocenters. The van der Waals surface area contributed by atoms with Gasteiger partial charge in [0, 0.05) is 0 Å². The third-order valence-corrected chi connectivity index (χ3v) is 5.20. The van der Waals surface area contributed by atoms with Gasteiger partial charge in [0.15, 0.2) is 0 Å². The van der Waals surface area contributed by atoms with Crippen LogP contribution in [0.5, 0.6) is 0 Å². The molecule has 0 aromatic heterocycles. The normalized spacial score (nSPS) is 30.6. The standard InChI is InChI=1S/C17H18F2N2O2/c18-12-7-20(8-12)15(22)14-6-17(14,11-4-2-1-3-5-11)16(23)21-9-13(19)10-21/h1-5,12-14H,6-10H2/t14-,17+/m0/s1. The fourth-order valence-corrected chi connectivity index (χ4v) is 3.67. The molecule has 1 aromatic rings. The average Bonchev–Trinajstić information content (AvgIpc) is 3.25. The van der Waals surface area contributed by atoms with Crippen LogP contribution in [0.4, 0.5) is 8.78 Å². The Morgan fingerprint density at radius 2 is 1.52 bits per heavy atom. The SMILES string of the molecule is O=C([C@@H]1C[C@@]1(C(=O)N1CC(F)C1)c1ccccc1)N1CC(F)C1. The van der Waals surface area contributed by atoms with E-state index in [4.69, 9.17) is 0 Å². The van der Waals surface area contributed by atoms with Gasteiger partial charge in [-0.15, -0.1) is 0 Å². The van der Waals surface area contributed by atoms with Gasteiger partial charge in [-0.2, -0.15) is 0 Å². The van der Waals surface area contributed by atoms with E-state index in [1.54, 1.807) is 0 Å². The maximum Gasteiger partial charge on any atom is 0.234 e. The first kappa shape index (κ1) is 14.6. The van der Waals surface area contributed by atoms with Crippen molar-refractivity contribution in [3.8, 4) is 0 Å². The van der Waals surface area contributed by atoms with Crippen molar-refractivity contribution < 1.29 is 18.4 Å². The van der Waals surface area contributed by atoms with Gasteiger partial charge < -0.3 is 9.80 Å². The summed E-state index contributed by atoms with van der Waals surface area (Å²) >= 11 is 0. The largest absolute Gasteiger partial charge is 0.336 e. The second-order valence-corrected chi connectivity index (χ2v) is 6.74. The van der Waals surface area contributed by atoms with E-state index in [9.17, 15) is 18.4 Å². The summed E-state index contributed by atoms with van der Waals surface area (Å²) in [6.07, 6.45) is -1.50. The molecule has 0 N–H and O–H groups in total. The highest BCUT2D eigenvalue weighted by Crippen LogP contribution is 2.57. The van der Waals surface area contributed by atoms with Gasteiger partial charge in [-0.3, -0.25) is 9.59 Å². The van der Waals surface area contributed by atoms with Crippen LogP contribution in [-0.2, 0) is 15.0 Å².